The standard InChI is InChI=1S/C44H36FN2S.C14H16GeN.Ir/c1-26-22-31(23-27(2)28(26)3)30-18-20-34-35-15-10-16-36(42(35)48-40(34)24-30)43-46-38-21-19-32(45)25-39(38)47(43)41-33(29-12-8-7-9-13-29)14-11-17-37(41)44(4,5)6;1-15(2,3)13-9-10-14(16-11-13)12-7-5-4-6-8-12;/h7-15,17-25H,1-6H3;4-7,9-11H,1-3H3;/q2*-1;/i1D3,2D3,3D3;;. The van der Waals surface area contributed by atoms with Gasteiger partial charge >= 0.3 is 99.8 Å². The maximum Gasteiger partial charge on any atom is 0 e. The van der Waals surface area contributed by atoms with Crippen molar-refractivity contribution in [3.05, 3.63) is 192 Å². The molecule has 0 aliphatic heterocycles. The average molecular weight is 1120 g/mol. The number of rotatable bonds is 6. The Kier molecular flexibility index (Phi) is 10.1. The van der Waals surface area contributed by atoms with Crippen LogP contribution in [0.15, 0.2) is 152 Å². The summed E-state index contributed by atoms with van der Waals surface area (Å²) in [6.45, 7) is -2.29. The molecule has 0 atom stereocenters. The van der Waals surface area contributed by atoms with Crippen molar-refractivity contribution >= 4 is 60.2 Å². The molecule has 3 aromatic heterocycles. The number of para-hydroxylation sites is 1. The van der Waals surface area contributed by atoms with Gasteiger partial charge in [-0.1, -0.05) is 105 Å². The summed E-state index contributed by atoms with van der Waals surface area (Å²) in [6, 6.07) is 51.7. The van der Waals surface area contributed by atoms with Crippen LogP contribution in [-0.2, 0) is 25.5 Å². The van der Waals surface area contributed by atoms with E-state index in [2.05, 4.69) is 91.6 Å². The van der Waals surface area contributed by atoms with E-state index in [0.29, 0.717) is 28.0 Å². The first-order chi connectivity index (χ1) is 34.3. The van der Waals surface area contributed by atoms with Crippen molar-refractivity contribution in [2.24, 2.45) is 0 Å². The Morgan fingerprint density at radius 1 is 0.708 bits per heavy atom. The van der Waals surface area contributed by atoms with Gasteiger partial charge < -0.3 is 4.57 Å². The maximum atomic E-state index is 15.2. The van der Waals surface area contributed by atoms with Crippen LogP contribution in [0.2, 0.25) is 17.3 Å². The molecule has 7 aromatic carbocycles. The van der Waals surface area contributed by atoms with Crippen LogP contribution < -0.4 is 4.40 Å². The number of benzene rings is 7. The summed E-state index contributed by atoms with van der Waals surface area (Å²) in [6.07, 6.45) is 2.04. The van der Waals surface area contributed by atoms with Crippen LogP contribution in [0.4, 0.5) is 4.39 Å². The second kappa shape index (κ2) is 18.4. The van der Waals surface area contributed by atoms with Gasteiger partial charge in [-0.25, -0.2) is 4.39 Å². The minimum absolute atomic E-state index is 0. The summed E-state index contributed by atoms with van der Waals surface area (Å²) in [5.41, 5.74) is 6.66. The molecule has 3 nitrogen and oxygen atoms in total. The van der Waals surface area contributed by atoms with E-state index in [-0.39, 0.29) is 31.1 Å². The van der Waals surface area contributed by atoms with E-state index in [1.807, 2.05) is 83.6 Å². The van der Waals surface area contributed by atoms with Gasteiger partial charge in [0.25, 0.3) is 0 Å². The number of hydrogen-bond donors (Lipinski definition) is 0. The maximum absolute atomic E-state index is 15.2. The predicted molar refractivity (Wildman–Crippen MR) is 273 cm³/mol. The van der Waals surface area contributed by atoms with E-state index in [0.717, 1.165) is 53.8 Å². The van der Waals surface area contributed by atoms with E-state index < -0.39 is 56.3 Å². The monoisotopic (exact) mass is 1120 g/mol. The van der Waals surface area contributed by atoms with Gasteiger partial charge in [-0.15, -0.1) is 18.2 Å². The first-order valence-corrected chi connectivity index (χ1v) is 29.3. The topological polar surface area (TPSA) is 30.7 Å². The molecule has 0 saturated carbocycles. The number of nitrogens with zero attached hydrogens (tertiary/aromatic N) is 3. The second-order valence-corrected chi connectivity index (χ2v) is 29.7. The Bertz CT molecular complexity index is 3630. The quantitative estimate of drug-likeness (QED) is 0.123. The molecule has 10 aromatic rings. The molecule has 0 bridgehead atoms. The molecule has 10 rings (SSSR count). The molecule has 0 N–H and O–H groups in total. The molecule has 0 spiro atoms. The Morgan fingerprint density at radius 2 is 1.49 bits per heavy atom. The van der Waals surface area contributed by atoms with E-state index >= 15 is 4.39 Å². The first kappa shape index (κ1) is 35.7. The van der Waals surface area contributed by atoms with Crippen LogP contribution in [0.1, 0.15) is 55.4 Å². The summed E-state index contributed by atoms with van der Waals surface area (Å²) < 4.78 is 93.6. The molecular formula is C58H52FGeIrN3S-2. The summed E-state index contributed by atoms with van der Waals surface area (Å²) >= 11 is -0.241. The Balaban J connectivity index is 0.000000365. The Morgan fingerprint density at radius 3 is 2.17 bits per heavy atom. The van der Waals surface area contributed by atoms with E-state index in [1.165, 1.54) is 40.0 Å². The SMILES string of the molecule is [2H]C([2H])([2H])c1cc(-c2ccc3c(c2)sc2c(-c4nc5ccc(F)cc5n4-c4c(-c5ccccc5)cccc4C(C)(C)C)[c-]ccc23)cc(C([2H])([2H])[2H])c1C([2H])([2H])[2H].[CH3][Ge]([CH3])([CH3])[c]1ccc(-c2[c-]cccc2)nc1.[Ir]. The summed E-state index contributed by atoms with van der Waals surface area (Å²) in [5.74, 6) is 7.32. The molecule has 7 heteroatoms. The van der Waals surface area contributed by atoms with Crippen molar-refractivity contribution in [1.29, 1.82) is 0 Å². The number of pyridine rings is 1. The van der Waals surface area contributed by atoms with Gasteiger partial charge in [-0.3, -0.25) is 4.98 Å². The number of imidazole rings is 1. The van der Waals surface area contributed by atoms with Crippen LogP contribution in [0.25, 0.3) is 81.8 Å². The second-order valence-electron chi connectivity index (χ2n) is 18.0. The zero-order valence-corrected chi connectivity index (χ0v) is 42.2. The third-order valence-corrected chi connectivity index (χ3v) is 17.0. The van der Waals surface area contributed by atoms with Crippen molar-refractivity contribution in [2.45, 2.75) is 64.0 Å². The molecule has 0 aliphatic rings. The zero-order valence-electron chi connectivity index (χ0n) is 45.9. The summed E-state index contributed by atoms with van der Waals surface area (Å²) in [4.78, 5) is 9.69. The van der Waals surface area contributed by atoms with Crippen LogP contribution in [0.3, 0.4) is 0 Å². The normalized spacial score (nSPS) is 14.4. The number of fused-ring (bicyclic) bond motifs is 4. The van der Waals surface area contributed by atoms with Gasteiger partial charge in [0.05, 0.1) is 22.5 Å². The number of aromatic nitrogens is 3. The molecule has 0 amide bonds. The average Bonchev–Trinajstić information content (AvgIpc) is 3.90. The minimum Gasteiger partial charge on any atom is 0 e. The van der Waals surface area contributed by atoms with E-state index in [1.54, 1.807) is 12.1 Å². The first-order valence-electron chi connectivity index (χ1n) is 25.7. The van der Waals surface area contributed by atoms with E-state index in [4.69, 9.17) is 17.3 Å². The van der Waals surface area contributed by atoms with Crippen molar-refractivity contribution in [1.82, 2.24) is 14.5 Å². The molecule has 3 heterocycles. The van der Waals surface area contributed by atoms with Crippen LogP contribution in [0, 0.1) is 38.5 Å². The zero-order chi connectivity index (χ0) is 52.4. The molecule has 0 saturated heterocycles. The fourth-order valence-corrected chi connectivity index (χ4v) is 11.5. The van der Waals surface area contributed by atoms with Gasteiger partial charge in [0.2, 0.25) is 0 Å². The molecular weight excluding hydrogens is 1050 g/mol. The third kappa shape index (κ3) is 9.20. The fraction of sp³-hybridized carbons (Fsp3) is 0.172. The van der Waals surface area contributed by atoms with Gasteiger partial charge in [-0.2, -0.15) is 11.3 Å². The van der Waals surface area contributed by atoms with Crippen molar-refractivity contribution in [3.63, 3.8) is 0 Å². The number of thiophene rings is 1. The van der Waals surface area contributed by atoms with Crippen molar-refractivity contribution in [3.8, 4) is 50.6 Å². The van der Waals surface area contributed by atoms with Crippen molar-refractivity contribution < 1.29 is 36.8 Å². The minimum atomic E-state index is -2.97. The molecule has 327 valence electrons. The smallest absolute Gasteiger partial charge is 0 e. The molecule has 0 aliphatic carbocycles. The van der Waals surface area contributed by atoms with Crippen LogP contribution in [-0.4, -0.2) is 27.8 Å². The molecule has 0 unspecified atom stereocenters. The van der Waals surface area contributed by atoms with E-state index in [9.17, 15) is 0 Å². The fourth-order valence-electron chi connectivity index (χ4n) is 8.13. The number of hydrogen-bond acceptors (Lipinski definition) is 3. The Hall–Kier alpha value is -5.50. The molecule has 65 heavy (non-hydrogen) atoms. The number of halogens is 1. The third-order valence-electron chi connectivity index (χ3n) is 11.5. The van der Waals surface area contributed by atoms with Crippen LogP contribution >= 0.6 is 11.3 Å². The van der Waals surface area contributed by atoms with Crippen molar-refractivity contribution in [2.75, 3.05) is 0 Å². The van der Waals surface area contributed by atoms with Gasteiger partial charge in [0, 0.05) is 42.7 Å². The molecule has 0 fully saturated rings. The number of aryl methyl sites for hydroxylation is 2. The van der Waals surface area contributed by atoms with Gasteiger partial charge in [-0.05, 0) is 99.3 Å². The summed E-state index contributed by atoms with van der Waals surface area (Å²) in [5, 5.41) is 1.81. The van der Waals surface area contributed by atoms with Gasteiger partial charge in [0.15, 0.2) is 0 Å². The van der Waals surface area contributed by atoms with Crippen LogP contribution in [0.5, 0.6) is 0 Å². The molecule has 1 radical (unpaired) electrons. The van der Waals surface area contributed by atoms with Gasteiger partial charge in [0.1, 0.15) is 5.82 Å². The Labute approximate surface area is 415 Å². The summed E-state index contributed by atoms with van der Waals surface area (Å²) in [7, 11) is 0. The largest absolute Gasteiger partial charge is 0 e. The predicted octanol–water partition coefficient (Wildman–Crippen LogP) is 15.6.